The highest BCUT2D eigenvalue weighted by atomic mass is 16.5. The summed E-state index contributed by atoms with van der Waals surface area (Å²) in [5.74, 6) is 0. The molecule has 0 unspecified atom stereocenters. The fourth-order valence-electron chi connectivity index (χ4n) is 1.92. The van der Waals surface area contributed by atoms with Crippen molar-refractivity contribution in [3.05, 3.63) is 24.0 Å². The summed E-state index contributed by atoms with van der Waals surface area (Å²) in [6.45, 7) is 5.24. The van der Waals surface area contributed by atoms with E-state index >= 15 is 0 Å². The predicted molar refractivity (Wildman–Crippen MR) is 52.7 cm³/mol. The lowest BCUT2D eigenvalue weighted by Crippen LogP contribution is -2.56. The van der Waals surface area contributed by atoms with Gasteiger partial charge in [0.05, 0.1) is 30.1 Å². The lowest BCUT2D eigenvalue weighted by Gasteiger charge is -2.48. The number of hydrogen-bond donors (Lipinski definition) is 1. The van der Waals surface area contributed by atoms with Crippen molar-refractivity contribution in [3.8, 4) is 6.07 Å². The number of H-pyrrole nitrogens is 1. The summed E-state index contributed by atoms with van der Waals surface area (Å²) in [6, 6.07) is 4.41. The first kappa shape index (κ1) is 9.29. The van der Waals surface area contributed by atoms with Crippen molar-refractivity contribution in [2.24, 2.45) is 5.41 Å². The summed E-state index contributed by atoms with van der Waals surface area (Å²) in [6.07, 6.45) is 3.85. The van der Waals surface area contributed by atoms with Crippen LogP contribution in [0, 0.1) is 16.7 Å². The van der Waals surface area contributed by atoms with Crippen LogP contribution < -0.4 is 0 Å². The summed E-state index contributed by atoms with van der Waals surface area (Å²) in [5, 5.41) is 9.18. The van der Waals surface area contributed by atoms with E-state index in [0.29, 0.717) is 13.2 Å². The summed E-state index contributed by atoms with van der Waals surface area (Å²) < 4.78 is 5.29. The minimum Gasteiger partial charge on any atom is -0.379 e. The van der Waals surface area contributed by atoms with E-state index in [4.69, 9.17) is 4.74 Å². The molecule has 1 fully saturated rings. The van der Waals surface area contributed by atoms with Crippen molar-refractivity contribution in [1.82, 2.24) is 4.98 Å². The average Bonchev–Trinajstić information content (AvgIpc) is 2.55. The minimum atomic E-state index is -0.382. The standard InChI is InChI=1S/C11H14N2O/c1-10(2,6-12)11(7-14-8-11)9-3-4-13-5-9/h3-5,13H,7-8H2,1-2H3. The Labute approximate surface area is 83.7 Å². The van der Waals surface area contributed by atoms with Gasteiger partial charge in [-0.05, 0) is 25.5 Å². The maximum atomic E-state index is 9.18. The van der Waals surface area contributed by atoms with Crippen LogP contribution >= 0.6 is 0 Å². The number of hydrogen-bond acceptors (Lipinski definition) is 2. The van der Waals surface area contributed by atoms with Gasteiger partial charge in [0.25, 0.3) is 0 Å². The van der Waals surface area contributed by atoms with Crippen molar-refractivity contribution < 1.29 is 4.74 Å². The molecule has 1 aliphatic heterocycles. The van der Waals surface area contributed by atoms with Gasteiger partial charge in [-0.2, -0.15) is 5.26 Å². The van der Waals surface area contributed by atoms with Gasteiger partial charge in [-0.1, -0.05) is 0 Å². The Bertz CT molecular complexity index is 355. The van der Waals surface area contributed by atoms with Crippen LogP contribution in [0.3, 0.4) is 0 Å². The summed E-state index contributed by atoms with van der Waals surface area (Å²) in [5.41, 5.74) is 0.671. The summed E-state index contributed by atoms with van der Waals surface area (Å²) in [4.78, 5) is 3.03. The van der Waals surface area contributed by atoms with E-state index in [1.54, 1.807) is 0 Å². The Morgan fingerprint density at radius 3 is 2.64 bits per heavy atom. The fourth-order valence-corrected chi connectivity index (χ4v) is 1.92. The molecule has 0 atom stereocenters. The first-order chi connectivity index (χ1) is 6.62. The van der Waals surface area contributed by atoms with E-state index in [1.165, 1.54) is 5.56 Å². The van der Waals surface area contributed by atoms with Crippen LogP contribution in [0.25, 0.3) is 0 Å². The molecule has 0 aliphatic carbocycles. The van der Waals surface area contributed by atoms with E-state index < -0.39 is 0 Å². The highest BCUT2D eigenvalue weighted by molar-refractivity contribution is 5.32. The number of aromatic nitrogens is 1. The first-order valence-corrected chi connectivity index (χ1v) is 4.75. The topological polar surface area (TPSA) is 48.8 Å². The maximum absolute atomic E-state index is 9.18. The van der Waals surface area contributed by atoms with Crippen LogP contribution in [-0.4, -0.2) is 18.2 Å². The number of nitrogens with one attached hydrogen (secondary N) is 1. The Hall–Kier alpha value is -1.27. The van der Waals surface area contributed by atoms with Gasteiger partial charge in [0.1, 0.15) is 0 Å². The van der Waals surface area contributed by atoms with Crippen LogP contribution in [0.2, 0.25) is 0 Å². The van der Waals surface area contributed by atoms with Gasteiger partial charge in [0.2, 0.25) is 0 Å². The highest BCUT2D eigenvalue weighted by Crippen LogP contribution is 2.46. The Morgan fingerprint density at radius 2 is 2.29 bits per heavy atom. The molecule has 3 nitrogen and oxygen atoms in total. The molecule has 0 saturated carbocycles. The smallest absolute Gasteiger partial charge is 0.0695 e. The molecule has 0 aromatic carbocycles. The van der Waals surface area contributed by atoms with Gasteiger partial charge in [0.15, 0.2) is 0 Å². The third kappa shape index (κ3) is 1.01. The number of nitrogens with zero attached hydrogens (tertiary/aromatic N) is 1. The molecule has 14 heavy (non-hydrogen) atoms. The molecule has 3 heteroatoms. The van der Waals surface area contributed by atoms with Crippen LogP contribution in [0.5, 0.6) is 0 Å². The van der Waals surface area contributed by atoms with Crippen LogP contribution in [0.1, 0.15) is 19.4 Å². The van der Waals surface area contributed by atoms with Gasteiger partial charge < -0.3 is 9.72 Å². The van der Waals surface area contributed by atoms with Gasteiger partial charge in [-0.25, -0.2) is 0 Å². The quantitative estimate of drug-likeness (QED) is 0.773. The molecule has 1 aromatic heterocycles. The average molecular weight is 190 g/mol. The molecule has 0 amide bonds. The van der Waals surface area contributed by atoms with E-state index in [-0.39, 0.29) is 10.8 Å². The van der Waals surface area contributed by atoms with Crippen molar-refractivity contribution in [1.29, 1.82) is 5.26 Å². The predicted octanol–water partition coefficient (Wildman–Crippen LogP) is 1.83. The van der Waals surface area contributed by atoms with Gasteiger partial charge in [-0.3, -0.25) is 0 Å². The molecular formula is C11H14N2O. The van der Waals surface area contributed by atoms with E-state index in [9.17, 15) is 5.26 Å². The number of nitriles is 1. The van der Waals surface area contributed by atoms with E-state index in [0.717, 1.165) is 0 Å². The Kier molecular flexibility index (Phi) is 1.90. The molecule has 2 rings (SSSR count). The molecule has 74 valence electrons. The van der Waals surface area contributed by atoms with E-state index in [2.05, 4.69) is 11.1 Å². The molecule has 1 N–H and O–H groups in total. The zero-order valence-electron chi connectivity index (χ0n) is 8.50. The second-order valence-corrected chi connectivity index (χ2v) is 4.41. The SMILES string of the molecule is CC(C)(C#N)C1(c2cc[nH]c2)COC1. The molecule has 0 radical (unpaired) electrons. The van der Waals surface area contributed by atoms with Gasteiger partial charge in [-0.15, -0.1) is 0 Å². The molecule has 1 saturated heterocycles. The molecule has 0 spiro atoms. The monoisotopic (exact) mass is 190 g/mol. The van der Waals surface area contributed by atoms with Crippen LogP contribution in [-0.2, 0) is 10.2 Å². The Morgan fingerprint density at radius 1 is 1.57 bits per heavy atom. The van der Waals surface area contributed by atoms with Crippen LogP contribution in [0.15, 0.2) is 18.5 Å². The third-order valence-corrected chi connectivity index (χ3v) is 3.32. The normalized spacial score (nSPS) is 19.8. The molecule has 1 aromatic rings. The zero-order valence-corrected chi connectivity index (χ0v) is 8.50. The second-order valence-electron chi connectivity index (χ2n) is 4.41. The van der Waals surface area contributed by atoms with Crippen molar-refractivity contribution in [3.63, 3.8) is 0 Å². The molecule has 1 aliphatic rings. The maximum Gasteiger partial charge on any atom is 0.0695 e. The number of aromatic amines is 1. The van der Waals surface area contributed by atoms with Crippen molar-refractivity contribution in [2.75, 3.05) is 13.2 Å². The zero-order chi connectivity index (χ0) is 10.2. The summed E-state index contributed by atoms with van der Waals surface area (Å²) >= 11 is 0. The Balaban J connectivity index is 2.42. The second kappa shape index (κ2) is 2.86. The van der Waals surface area contributed by atoms with Gasteiger partial charge in [0, 0.05) is 12.4 Å². The minimum absolute atomic E-state index is 0.123. The largest absolute Gasteiger partial charge is 0.379 e. The number of rotatable bonds is 2. The summed E-state index contributed by atoms with van der Waals surface area (Å²) in [7, 11) is 0. The van der Waals surface area contributed by atoms with Crippen LogP contribution in [0.4, 0.5) is 0 Å². The van der Waals surface area contributed by atoms with E-state index in [1.807, 2.05) is 32.3 Å². The lowest BCUT2D eigenvalue weighted by atomic mass is 9.61. The molecule has 2 heterocycles. The third-order valence-electron chi connectivity index (χ3n) is 3.32. The lowest BCUT2D eigenvalue weighted by molar-refractivity contribution is -0.102. The van der Waals surface area contributed by atoms with Crippen molar-refractivity contribution in [2.45, 2.75) is 19.3 Å². The first-order valence-electron chi connectivity index (χ1n) is 4.75. The van der Waals surface area contributed by atoms with Gasteiger partial charge >= 0.3 is 0 Å². The highest BCUT2D eigenvalue weighted by Gasteiger charge is 2.52. The fraction of sp³-hybridized carbons (Fsp3) is 0.545. The van der Waals surface area contributed by atoms with Crippen molar-refractivity contribution >= 4 is 0 Å². The molecule has 0 bridgehead atoms. The molecular weight excluding hydrogens is 176 g/mol. The number of ether oxygens (including phenoxy) is 1.